The van der Waals surface area contributed by atoms with E-state index in [0.717, 1.165) is 19.3 Å². The van der Waals surface area contributed by atoms with Gasteiger partial charge < -0.3 is 16.0 Å². The number of likely N-dealkylation sites (tertiary alicyclic amines) is 1. The molecule has 144 valence electrons. The Morgan fingerprint density at radius 1 is 1.35 bits per heavy atom. The Morgan fingerprint density at radius 3 is 2.73 bits per heavy atom. The molecule has 0 aliphatic carbocycles. The molecule has 2 amide bonds. The number of nitrogens with two attached hydrogens (primary N) is 1. The molecule has 1 aliphatic heterocycles. The molecule has 1 aromatic carbocycles. The molecule has 3 N–H and O–H groups in total. The molecular formula is C16H22Cl2N4O4. The van der Waals surface area contributed by atoms with Crippen LogP contribution in [-0.2, 0) is 4.79 Å². The zero-order chi connectivity index (χ0) is 18.4. The van der Waals surface area contributed by atoms with Gasteiger partial charge in [-0.3, -0.25) is 19.7 Å². The molecule has 0 radical (unpaired) electrons. The Balaban J connectivity index is 0.00000338. The van der Waals surface area contributed by atoms with Gasteiger partial charge in [0.05, 0.1) is 4.92 Å². The highest BCUT2D eigenvalue weighted by Gasteiger charge is 2.28. The maximum absolute atomic E-state index is 12.8. The van der Waals surface area contributed by atoms with Gasteiger partial charge in [-0.2, -0.15) is 0 Å². The van der Waals surface area contributed by atoms with Crippen LogP contribution in [0.15, 0.2) is 18.2 Å². The number of nitro groups is 1. The van der Waals surface area contributed by atoms with Gasteiger partial charge in [-0.05, 0) is 25.3 Å². The van der Waals surface area contributed by atoms with Crippen LogP contribution in [-0.4, -0.2) is 47.3 Å². The van der Waals surface area contributed by atoms with Gasteiger partial charge in [0, 0.05) is 54.8 Å². The Kier molecular flexibility index (Phi) is 8.77. The van der Waals surface area contributed by atoms with E-state index in [1.165, 1.54) is 18.2 Å². The molecule has 1 fully saturated rings. The van der Waals surface area contributed by atoms with Gasteiger partial charge in [0.1, 0.15) is 0 Å². The number of nitrogens with one attached hydrogen (secondary N) is 1. The summed E-state index contributed by atoms with van der Waals surface area (Å²) in [5.41, 5.74) is 5.31. The average molecular weight is 405 g/mol. The van der Waals surface area contributed by atoms with E-state index in [1.54, 1.807) is 4.90 Å². The molecule has 1 saturated heterocycles. The first-order chi connectivity index (χ1) is 11.9. The molecule has 0 bridgehead atoms. The fourth-order valence-corrected chi connectivity index (χ4v) is 3.13. The second-order valence-electron chi connectivity index (χ2n) is 5.95. The second kappa shape index (κ2) is 10.3. The lowest BCUT2D eigenvalue weighted by Gasteiger charge is -2.36. The first kappa shape index (κ1) is 22.1. The summed E-state index contributed by atoms with van der Waals surface area (Å²) < 4.78 is 0. The summed E-state index contributed by atoms with van der Waals surface area (Å²) in [7, 11) is 0. The highest BCUT2D eigenvalue weighted by Crippen LogP contribution is 2.25. The summed E-state index contributed by atoms with van der Waals surface area (Å²) in [6.07, 6.45) is 2.80. The van der Waals surface area contributed by atoms with Gasteiger partial charge in [0.15, 0.2) is 0 Å². The van der Waals surface area contributed by atoms with Crippen LogP contribution in [0, 0.1) is 10.1 Å². The summed E-state index contributed by atoms with van der Waals surface area (Å²) in [6.45, 7) is 1.15. The number of rotatable bonds is 6. The van der Waals surface area contributed by atoms with Crippen molar-refractivity contribution in [3.63, 3.8) is 0 Å². The number of amides is 2. The standard InChI is InChI=1S/C16H21ClN4O4.ClH/c17-12-7-11(8-14(9-12)21(24)25)16(23)20-6-2-1-3-13(20)10-19-15(22)4-5-18;/h7-9,13H,1-6,10,18H2,(H,19,22);1H. The molecule has 0 aromatic heterocycles. The third kappa shape index (κ3) is 5.82. The molecule has 1 aromatic rings. The Labute approximate surface area is 162 Å². The summed E-state index contributed by atoms with van der Waals surface area (Å²) >= 11 is 5.91. The van der Waals surface area contributed by atoms with Crippen LogP contribution in [0.3, 0.4) is 0 Å². The van der Waals surface area contributed by atoms with Crippen LogP contribution in [0.25, 0.3) is 0 Å². The van der Waals surface area contributed by atoms with Crippen molar-refractivity contribution in [2.75, 3.05) is 19.6 Å². The summed E-state index contributed by atoms with van der Waals surface area (Å²) in [5, 5.41) is 13.9. The predicted octanol–water partition coefficient (Wildman–Crippen LogP) is 2.13. The van der Waals surface area contributed by atoms with Crippen LogP contribution >= 0.6 is 24.0 Å². The molecule has 1 aliphatic rings. The van der Waals surface area contributed by atoms with E-state index >= 15 is 0 Å². The molecule has 0 saturated carbocycles. The number of hydrogen-bond donors (Lipinski definition) is 2. The Bertz CT molecular complexity index is 672. The number of halogens is 2. The number of non-ortho nitro benzene ring substituents is 1. The maximum Gasteiger partial charge on any atom is 0.271 e. The van der Waals surface area contributed by atoms with Gasteiger partial charge in [0.2, 0.25) is 5.91 Å². The van der Waals surface area contributed by atoms with Gasteiger partial charge >= 0.3 is 0 Å². The molecule has 1 unspecified atom stereocenters. The molecule has 1 heterocycles. The van der Waals surface area contributed by atoms with Crippen molar-refractivity contribution in [1.29, 1.82) is 0 Å². The highest BCUT2D eigenvalue weighted by atomic mass is 35.5. The molecule has 10 heteroatoms. The van der Waals surface area contributed by atoms with Crippen LogP contribution in [0.5, 0.6) is 0 Å². The molecule has 0 spiro atoms. The number of piperidine rings is 1. The van der Waals surface area contributed by atoms with Crippen molar-refractivity contribution >= 4 is 41.5 Å². The maximum atomic E-state index is 12.8. The van der Waals surface area contributed by atoms with E-state index in [2.05, 4.69) is 5.32 Å². The number of carbonyl (C=O) groups is 2. The zero-order valence-electron chi connectivity index (χ0n) is 14.2. The molecule has 1 atom stereocenters. The number of benzene rings is 1. The predicted molar refractivity (Wildman–Crippen MR) is 101 cm³/mol. The fraction of sp³-hybridized carbons (Fsp3) is 0.500. The highest BCUT2D eigenvalue weighted by molar-refractivity contribution is 6.31. The van der Waals surface area contributed by atoms with Crippen LogP contribution in [0.4, 0.5) is 5.69 Å². The first-order valence-electron chi connectivity index (χ1n) is 8.15. The lowest BCUT2D eigenvalue weighted by Crippen LogP contribution is -2.49. The zero-order valence-corrected chi connectivity index (χ0v) is 15.7. The second-order valence-corrected chi connectivity index (χ2v) is 6.38. The topological polar surface area (TPSA) is 119 Å². The van der Waals surface area contributed by atoms with Crippen LogP contribution in [0.1, 0.15) is 36.0 Å². The molecule has 26 heavy (non-hydrogen) atoms. The van der Waals surface area contributed by atoms with E-state index in [-0.39, 0.29) is 59.5 Å². The Morgan fingerprint density at radius 2 is 2.08 bits per heavy atom. The van der Waals surface area contributed by atoms with Crippen LogP contribution in [0.2, 0.25) is 5.02 Å². The minimum absolute atomic E-state index is 0. The number of nitro benzene ring substituents is 1. The average Bonchev–Trinajstić information content (AvgIpc) is 2.59. The quantitative estimate of drug-likeness (QED) is 0.555. The van der Waals surface area contributed by atoms with Crippen molar-refractivity contribution < 1.29 is 14.5 Å². The summed E-state index contributed by atoms with van der Waals surface area (Å²) in [4.78, 5) is 36.5. The molecule has 8 nitrogen and oxygen atoms in total. The van der Waals surface area contributed by atoms with E-state index in [1.807, 2.05) is 0 Å². The van der Waals surface area contributed by atoms with Gasteiger partial charge in [-0.25, -0.2) is 0 Å². The lowest BCUT2D eigenvalue weighted by atomic mass is 10.0. The number of hydrogen-bond acceptors (Lipinski definition) is 5. The smallest absolute Gasteiger partial charge is 0.271 e. The summed E-state index contributed by atoms with van der Waals surface area (Å²) in [6, 6.07) is 3.71. The molecule has 2 rings (SSSR count). The normalized spacial score (nSPS) is 16.5. The van der Waals surface area contributed by atoms with E-state index in [9.17, 15) is 19.7 Å². The van der Waals surface area contributed by atoms with Gasteiger partial charge in [0.25, 0.3) is 11.6 Å². The lowest BCUT2D eigenvalue weighted by molar-refractivity contribution is -0.384. The first-order valence-corrected chi connectivity index (χ1v) is 8.53. The van der Waals surface area contributed by atoms with Crippen molar-refractivity contribution in [1.82, 2.24) is 10.2 Å². The molecular weight excluding hydrogens is 383 g/mol. The number of nitrogens with zero attached hydrogens (tertiary/aromatic N) is 2. The summed E-state index contributed by atoms with van der Waals surface area (Å²) in [5.74, 6) is -0.470. The fourth-order valence-electron chi connectivity index (χ4n) is 2.90. The van der Waals surface area contributed by atoms with Crippen molar-refractivity contribution in [2.45, 2.75) is 31.7 Å². The SMILES string of the molecule is Cl.NCCC(=O)NCC1CCCCN1C(=O)c1cc(Cl)cc([N+](=O)[O-])c1. The van der Waals surface area contributed by atoms with E-state index in [4.69, 9.17) is 17.3 Å². The van der Waals surface area contributed by atoms with Gasteiger partial charge in [-0.15, -0.1) is 12.4 Å². The van der Waals surface area contributed by atoms with Gasteiger partial charge in [-0.1, -0.05) is 11.6 Å². The monoisotopic (exact) mass is 404 g/mol. The van der Waals surface area contributed by atoms with E-state index < -0.39 is 4.92 Å². The van der Waals surface area contributed by atoms with Crippen molar-refractivity contribution in [2.24, 2.45) is 5.73 Å². The van der Waals surface area contributed by atoms with Crippen LogP contribution < -0.4 is 11.1 Å². The minimum atomic E-state index is -0.580. The third-order valence-corrected chi connectivity index (χ3v) is 4.35. The van der Waals surface area contributed by atoms with Crippen molar-refractivity contribution in [3.8, 4) is 0 Å². The van der Waals surface area contributed by atoms with Crippen molar-refractivity contribution in [3.05, 3.63) is 38.9 Å². The number of carbonyl (C=O) groups excluding carboxylic acids is 2. The van der Waals surface area contributed by atoms with E-state index in [0.29, 0.717) is 13.1 Å². The largest absolute Gasteiger partial charge is 0.354 e. The minimum Gasteiger partial charge on any atom is -0.354 e. The third-order valence-electron chi connectivity index (χ3n) is 4.13. The Hall–Kier alpha value is -1.90.